The zero-order valence-corrected chi connectivity index (χ0v) is 23.9. The Morgan fingerprint density at radius 3 is 1.13 bits per heavy atom. The standard InChI is InChI=1S/C40H23NO4/c42-37-29-13-7-8-14-30(29)38(43)34-23-36-35(22-33(34)37)39(44)31-20-17-25(21-32(31)40(36)45)24-15-18-28(19-16-24)41(26-9-3-1-4-10-26)27-11-5-2-6-12-27/h1-23H. The van der Waals surface area contributed by atoms with Crippen LogP contribution in [0.3, 0.4) is 0 Å². The number of fused-ring (bicyclic) bond motifs is 4. The average molecular weight is 582 g/mol. The average Bonchev–Trinajstić information content (AvgIpc) is 3.10. The SMILES string of the molecule is O=c1c2ccccc2c(=O)c2cc3c(=O)c4cc(-c5ccc(N(c6ccccc6)c6ccccc6)cc5)ccc4c(=O)c3cc12. The maximum atomic E-state index is 13.9. The van der Waals surface area contributed by atoms with E-state index in [0.29, 0.717) is 10.8 Å². The molecule has 0 N–H and O–H groups in total. The molecule has 45 heavy (non-hydrogen) atoms. The second-order valence-corrected chi connectivity index (χ2v) is 11.1. The summed E-state index contributed by atoms with van der Waals surface area (Å²) in [6.07, 6.45) is 0. The number of benzene rings is 8. The molecule has 0 bridgehead atoms. The van der Waals surface area contributed by atoms with Crippen molar-refractivity contribution in [1.29, 1.82) is 0 Å². The van der Waals surface area contributed by atoms with Crippen LogP contribution in [0, 0.1) is 0 Å². The molecule has 0 saturated heterocycles. The molecule has 212 valence electrons. The highest BCUT2D eigenvalue weighted by Gasteiger charge is 2.17. The van der Waals surface area contributed by atoms with Crippen LogP contribution >= 0.6 is 0 Å². The van der Waals surface area contributed by atoms with Crippen LogP contribution in [0.2, 0.25) is 0 Å². The first kappa shape index (κ1) is 26.4. The van der Waals surface area contributed by atoms with E-state index in [4.69, 9.17) is 0 Å². The van der Waals surface area contributed by atoms with Gasteiger partial charge in [-0.25, -0.2) is 0 Å². The van der Waals surface area contributed by atoms with E-state index < -0.39 is 0 Å². The molecule has 0 heterocycles. The van der Waals surface area contributed by atoms with Gasteiger partial charge in [0.25, 0.3) is 0 Å². The smallest absolute Gasteiger partial charge is 0.194 e. The van der Waals surface area contributed by atoms with Gasteiger partial charge in [-0.15, -0.1) is 0 Å². The van der Waals surface area contributed by atoms with Crippen LogP contribution in [0.4, 0.5) is 17.1 Å². The summed E-state index contributed by atoms with van der Waals surface area (Å²) in [5, 5.41) is 1.74. The maximum absolute atomic E-state index is 13.9. The van der Waals surface area contributed by atoms with Crippen molar-refractivity contribution in [2.75, 3.05) is 4.90 Å². The number of hydrogen-bond acceptors (Lipinski definition) is 5. The summed E-state index contributed by atoms with van der Waals surface area (Å²) >= 11 is 0. The van der Waals surface area contributed by atoms with Gasteiger partial charge in [0.1, 0.15) is 0 Å². The van der Waals surface area contributed by atoms with Crippen LogP contribution in [-0.2, 0) is 0 Å². The lowest BCUT2D eigenvalue weighted by Gasteiger charge is -2.25. The van der Waals surface area contributed by atoms with Crippen LogP contribution < -0.4 is 26.6 Å². The van der Waals surface area contributed by atoms with E-state index in [1.54, 1.807) is 36.4 Å². The number of hydrogen-bond donors (Lipinski definition) is 0. The van der Waals surface area contributed by atoms with Gasteiger partial charge in [0.05, 0.1) is 0 Å². The van der Waals surface area contributed by atoms with Gasteiger partial charge in [0.15, 0.2) is 21.7 Å². The number of anilines is 3. The van der Waals surface area contributed by atoms with E-state index in [2.05, 4.69) is 29.2 Å². The molecule has 0 atom stereocenters. The van der Waals surface area contributed by atoms with Gasteiger partial charge in [0, 0.05) is 60.2 Å². The molecule has 5 nitrogen and oxygen atoms in total. The molecular weight excluding hydrogens is 558 g/mol. The topological polar surface area (TPSA) is 71.5 Å². The second kappa shape index (κ2) is 10.2. The molecule has 0 aliphatic rings. The molecular formula is C40H23NO4. The zero-order chi connectivity index (χ0) is 30.7. The third kappa shape index (κ3) is 4.17. The summed E-state index contributed by atoms with van der Waals surface area (Å²) < 4.78 is 0. The number of nitrogens with zero attached hydrogens (tertiary/aromatic N) is 1. The molecule has 0 aliphatic heterocycles. The molecule has 0 aliphatic carbocycles. The summed E-state index contributed by atoms with van der Waals surface area (Å²) in [4.78, 5) is 56.2. The first-order valence-electron chi connectivity index (χ1n) is 14.6. The van der Waals surface area contributed by atoms with E-state index in [9.17, 15) is 19.2 Å². The van der Waals surface area contributed by atoms with Gasteiger partial charge >= 0.3 is 0 Å². The van der Waals surface area contributed by atoms with Crippen molar-refractivity contribution in [3.05, 3.63) is 180 Å². The predicted octanol–water partition coefficient (Wildman–Crippen LogP) is 7.75. The van der Waals surface area contributed by atoms with Crippen LogP contribution in [0.15, 0.2) is 159 Å². The lowest BCUT2D eigenvalue weighted by Crippen LogP contribution is -2.17. The summed E-state index contributed by atoms with van der Waals surface area (Å²) in [5.41, 5.74) is 3.35. The Morgan fingerprint density at radius 1 is 0.289 bits per heavy atom. The Bertz CT molecular complexity index is 2620. The molecule has 0 amide bonds. The van der Waals surface area contributed by atoms with Gasteiger partial charge in [0.2, 0.25) is 0 Å². The van der Waals surface area contributed by atoms with Gasteiger partial charge in [-0.3, -0.25) is 19.2 Å². The predicted molar refractivity (Wildman–Crippen MR) is 184 cm³/mol. The van der Waals surface area contributed by atoms with Gasteiger partial charge in [-0.05, 0) is 71.8 Å². The second-order valence-electron chi connectivity index (χ2n) is 11.1. The Hall–Kier alpha value is -6.20. The minimum atomic E-state index is -0.348. The molecule has 0 spiro atoms. The fraction of sp³-hybridized carbons (Fsp3) is 0. The van der Waals surface area contributed by atoms with E-state index in [-0.39, 0.29) is 54.0 Å². The molecule has 8 rings (SSSR count). The van der Waals surface area contributed by atoms with Crippen LogP contribution in [0.1, 0.15) is 0 Å². The zero-order valence-electron chi connectivity index (χ0n) is 23.9. The van der Waals surface area contributed by atoms with E-state index in [1.165, 1.54) is 12.1 Å². The minimum absolute atomic E-state index is 0.139. The fourth-order valence-corrected chi connectivity index (χ4v) is 6.32. The Morgan fingerprint density at radius 2 is 0.644 bits per heavy atom. The molecule has 8 aromatic carbocycles. The third-order valence-corrected chi connectivity index (χ3v) is 8.55. The Kier molecular flexibility index (Phi) is 6.00. The normalized spacial score (nSPS) is 11.5. The molecule has 0 saturated carbocycles. The molecule has 8 aromatic rings. The lowest BCUT2D eigenvalue weighted by molar-refractivity contribution is 1.28. The molecule has 0 fully saturated rings. The lowest BCUT2D eigenvalue weighted by atomic mass is 9.94. The Labute approximate surface area is 256 Å². The van der Waals surface area contributed by atoms with Crippen molar-refractivity contribution in [1.82, 2.24) is 0 Å². The monoisotopic (exact) mass is 581 g/mol. The van der Waals surface area contributed by atoms with Crippen molar-refractivity contribution < 1.29 is 0 Å². The first-order chi connectivity index (χ1) is 22.0. The Balaban J connectivity index is 1.27. The quantitative estimate of drug-likeness (QED) is 0.199. The van der Waals surface area contributed by atoms with Crippen molar-refractivity contribution in [3.63, 3.8) is 0 Å². The summed E-state index contributed by atoms with van der Waals surface area (Å²) in [7, 11) is 0. The number of para-hydroxylation sites is 2. The molecule has 0 radical (unpaired) electrons. The van der Waals surface area contributed by atoms with Crippen LogP contribution in [-0.4, -0.2) is 0 Å². The van der Waals surface area contributed by atoms with Crippen molar-refractivity contribution in [2.45, 2.75) is 0 Å². The van der Waals surface area contributed by atoms with E-state index in [1.807, 2.05) is 66.7 Å². The summed E-state index contributed by atoms with van der Waals surface area (Å²) in [5.74, 6) is 0. The van der Waals surface area contributed by atoms with Crippen molar-refractivity contribution >= 4 is 60.2 Å². The molecule has 0 unspecified atom stereocenters. The molecule has 5 heteroatoms. The largest absolute Gasteiger partial charge is 0.311 e. The van der Waals surface area contributed by atoms with Gasteiger partial charge in [-0.2, -0.15) is 0 Å². The fourth-order valence-electron chi connectivity index (χ4n) is 6.32. The first-order valence-corrected chi connectivity index (χ1v) is 14.6. The third-order valence-electron chi connectivity index (χ3n) is 8.55. The highest BCUT2D eigenvalue weighted by atomic mass is 16.1. The van der Waals surface area contributed by atoms with Crippen LogP contribution in [0.5, 0.6) is 0 Å². The van der Waals surface area contributed by atoms with E-state index in [0.717, 1.165) is 28.2 Å². The van der Waals surface area contributed by atoms with Gasteiger partial charge in [-0.1, -0.05) is 78.9 Å². The minimum Gasteiger partial charge on any atom is -0.311 e. The highest BCUT2D eigenvalue weighted by Crippen LogP contribution is 2.35. The maximum Gasteiger partial charge on any atom is 0.194 e. The van der Waals surface area contributed by atoms with Crippen molar-refractivity contribution in [2.24, 2.45) is 0 Å². The highest BCUT2D eigenvalue weighted by molar-refractivity contribution is 6.08. The number of rotatable bonds is 4. The molecule has 0 aromatic heterocycles. The van der Waals surface area contributed by atoms with E-state index >= 15 is 0 Å². The summed E-state index contributed by atoms with van der Waals surface area (Å²) in [6, 6.07) is 43.0. The summed E-state index contributed by atoms with van der Waals surface area (Å²) in [6.45, 7) is 0. The van der Waals surface area contributed by atoms with Crippen LogP contribution in [0.25, 0.3) is 54.2 Å². The van der Waals surface area contributed by atoms with Gasteiger partial charge < -0.3 is 4.90 Å². The van der Waals surface area contributed by atoms with Crippen molar-refractivity contribution in [3.8, 4) is 11.1 Å².